The molecule has 16 heteroatoms. The quantitative estimate of drug-likeness (QED) is 0.591. The molecule has 1 aromatic heterocycles. The number of amides is 1. The van der Waals surface area contributed by atoms with Crippen LogP contribution in [0, 0.1) is 12.7 Å². The molecule has 1 saturated heterocycles. The Labute approximate surface area is 219 Å². The summed E-state index contributed by atoms with van der Waals surface area (Å²) in [5.74, 6) is -1.64. The van der Waals surface area contributed by atoms with Gasteiger partial charge in [-0.3, -0.25) is 4.79 Å². The highest BCUT2D eigenvalue weighted by Crippen LogP contribution is 2.64. The smallest absolute Gasteiger partial charge is 0.252 e. The zero-order valence-electron chi connectivity index (χ0n) is 18.8. The third kappa shape index (κ3) is 4.20. The van der Waals surface area contributed by atoms with Crippen molar-refractivity contribution in [1.29, 1.82) is 0 Å². The van der Waals surface area contributed by atoms with Gasteiger partial charge in [0, 0.05) is 24.5 Å². The average molecular weight is 473 g/mol. The van der Waals surface area contributed by atoms with Crippen LogP contribution in [0.5, 0.6) is 0 Å². The van der Waals surface area contributed by atoms with Gasteiger partial charge in [0.15, 0.2) is 0 Å². The summed E-state index contributed by atoms with van der Waals surface area (Å²) in [5.41, 5.74) is -2.58. The van der Waals surface area contributed by atoms with Gasteiger partial charge in [-0.05, 0) is 41.4 Å². The number of aromatic nitrogens is 2. The van der Waals surface area contributed by atoms with Gasteiger partial charge < -0.3 is 10.2 Å². The first-order chi connectivity index (χ1) is 15.9. The zero-order chi connectivity index (χ0) is 26.6. The van der Waals surface area contributed by atoms with Gasteiger partial charge in [-0.25, -0.2) is 18.7 Å². The molecular weight excluding hydrogens is 460 g/mol. The lowest BCUT2D eigenvalue weighted by Gasteiger charge is -2.75. The highest BCUT2D eigenvalue weighted by atomic mass is 35.5. The number of rotatable bonds is 5. The summed E-state index contributed by atoms with van der Waals surface area (Å²) in [4.78, 5) is 21.9. The normalized spacial score (nSPS) is 21.3. The van der Waals surface area contributed by atoms with Crippen LogP contribution in [0.15, 0.2) is 30.6 Å². The number of alkyl halides is 1. The molecule has 160 valence electrons. The number of halogens is 3. The molecule has 0 bridgehead atoms. The van der Waals surface area contributed by atoms with Gasteiger partial charge in [-0.1, -0.05) is 22.0 Å². The van der Waals surface area contributed by atoms with Crippen LogP contribution in [-0.2, 0) is 6.54 Å². The molecular formula is C19H13B8ClF2N4O. The van der Waals surface area contributed by atoms with Crippen LogP contribution in [-0.4, -0.2) is 106 Å². The van der Waals surface area contributed by atoms with Crippen molar-refractivity contribution in [2.45, 2.75) is 40.2 Å². The van der Waals surface area contributed by atoms with E-state index in [1.54, 1.807) is 19.3 Å². The second-order valence-corrected chi connectivity index (χ2v) is 9.15. The number of carbonyl (C=O) groups is 1. The van der Waals surface area contributed by atoms with Gasteiger partial charge in [0.2, 0.25) is 0 Å². The van der Waals surface area contributed by atoms with E-state index >= 15 is 4.39 Å². The zero-order valence-corrected chi connectivity index (χ0v) is 19.6. The van der Waals surface area contributed by atoms with E-state index in [9.17, 15) is 9.18 Å². The van der Waals surface area contributed by atoms with Crippen LogP contribution >= 0.6 is 11.6 Å². The number of hydrogen-bond acceptors (Lipinski definition) is 4. The standard InChI is InChI=1S/C19H13B8ClF2N4O/c1-9-5-32-13(33-6-9)7-31-8-15(30)16(20,21)18(24,25)34(19(26,27)17(15,22)23)14(35)10-2-3-12(29)11(28)4-10/h2-6,31H,7-8H2,1H3. The number of piperidine rings is 1. The molecule has 1 fully saturated rings. The summed E-state index contributed by atoms with van der Waals surface area (Å²) in [6.07, 6.45) is 3.12. The lowest BCUT2D eigenvalue weighted by atomic mass is 9.15. The molecule has 0 unspecified atom stereocenters. The lowest BCUT2D eigenvalue weighted by molar-refractivity contribution is -0.0188. The fraction of sp³-hybridized carbons (Fsp3) is 0.421. The van der Waals surface area contributed by atoms with Crippen molar-refractivity contribution in [2.24, 2.45) is 0 Å². The van der Waals surface area contributed by atoms with E-state index < -0.39 is 50.1 Å². The van der Waals surface area contributed by atoms with Crippen LogP contribution in [0.3, 0.4) is 0 Å². The summed E-state index contributed by atoms with van der Waals surface area (Å²) in [5, 5.41) is -8.93. The first kappa shape index (κ1) is 28.0. The highest BCUT2D eigenvalue weighted by Gasteiger charge is 2.70. The maximum absolute atomic E-state index is 16.7. The summed E-state index contributed by atoms with van der Waals surface area (Å²) in [6.45, 7) is 0.974. The third-order valence-electron chi connectivity index (χ3n) is 6.23. The lowest BCUT2D eigenvalue weighted by Crippen LogP contribution is -2.85. The minimum absolute atomic E-state index is 0.0564. The van der Waals surface area contributed by atoms with Crippen molar-refractivity contribution >= 4 is 80.3 Å². The third-order valence-corrected chi connectivity index (χ3v) is 6.52. The Kier molecular flexibility index (Phi) is 7.24. The van der Waals surface area contributed by atoms with E-state index in [2.05, 4.69) is 15.3 Å². The summed E-state index contributed by atoms with van der Waals surface area (Å²) in [6, 6.07) is 2.89. The summed E-state index contributed by atoms with van der Waals surface area (Å²) < 4.78 is 30.3. The maximum Gasteiger partial charge on any atom is 0.252 e. The van der Waals surface area contributed by atoms with Crippen molar-refractivity contribution in [3.63, 3.8) is 0 Å². The highest BCUT2D eigenvalue weighted by molar-refractivity contribution is 6.62. The van der Waals surface area contributed by atoms with E-state index in [4.69, 9.17) is 74.4 Å². The number of likely N-dealkylation sites (tertiary alicyclic amines) is 1. The van der Waals surface area contributed by atoms with Crippen molar-refractivity contribution in [3.8, 4) is 0 Å². The van der Waals surface area contributed by atoms with Crippen LogP contribution in [0.1, 0.15) is 21.7 Å². The van der Waals surface area contributed by atoms with Gasteiger partial charge in [-0.2, -0.15) is 0 Å². The Morgan fingerprint density at radius 1 is 1.03 bits per heavy atom. The van der Waals surface area contributed by atoms with Crippen LogP contribution < -0.4 is 5.32 Å². The topological polar surface area (TPSA) is 58.1 Å². The largest absolute Gasteiger partial charge is 0.363 e. The molecule has 0 saturated carbocycles. The van der Waals surface area contributed by atoms with Crippen molar-refractivity contribution in [1.82, 2.24) is 20.2 Å². The fourth-order valence-corrected chi connectivity index (χ4v) is 4.08. The molecule has 35 heavy (non-hydrogen) atoms. The molecule has 3 rings (SSSR count). The Morgan fingerprint density at radius 3 is 2.03 bits per heavy atom. The molecule has 0 aliphatic carbocycles. The minimum atomic E-state index is -3.12. The second kappa shape index (κ2) is 9.05. The first-order valence-corrected chi connectivity index (χ1v) is 10.6. The van der Waals surface area contributed by atoms with Crippen molar-refractivity contribution < 1.29 is 13.6 Å². The Bertz CT molecular complexity index is 1110. The van der Waals surface area contributed by atoms with Gasteiger partial charge >= 0.3 is 0 Å². The molecule has 1 amide bonds. The Balaban J connectivity index is 2.02. The Hall–Kier alpha value is -1.60. The number of aryl methyl sites for hydroxylation is 1. The molecule has 5 nitrogen and oxygen atoms in total. The van der Waals surface area contributed by atoms with Gasteiger partial charge in [-0.15, -0.1) is 0 Å². The van der Waals surface area contributed by atoms with E-state index in [1.807, 2.05) is 0 Å². The Morgan fingerprint density at radius 2 is 1.54 bits per heavy atom. The van der Waals surface area contributed by atoms with E-state index in [1.165, 1.54) is 0 Å². The molecule has 2 aromatic rings. The molecule has 1 aromatic carbocycles. The number of nitrogens with zero attached hydrogens (tertiary/aromatic N) is 3. The maximum atomic E-state index is 16.7. The molecule has 1 N–H and O–H groups in total. The second-order valence-electron chi connectivity index (χ2n) is 8.74. The van der Waals surface area contributed by atoms with Crippen LogP contribution in [0.4, 0.5) is 8.78 Å². The predicted octanol–water partition coefficient (Wildman–Crippen LogP) is -0.581. The van der Waals surface area contributed by atoms with Gasteiger partial charge in [0.05, 0.1) is 74.3 Å². The molecule has 0 spiro atoms. The van der Waals surface area contributed by atoms with Gasteiger partial charge in [0.1, 0.15) is 17.3 Å². The number of carbonyl (C=O) groups excluding carboxylic acids is 1. The molecule has 2 heterocycles. The fourth-order valence-electron chi connectivity index (χ4n) is 3.90. The minimum Gasteiger partial charge on any atom is -0.363 e. The average Bonchev–Trinajstić information content (AvgIpc) is 2.75. The van der Waals surface area contributed by atoms with Crippen LogP contribution in [0.25, 0.3) is 0 Å². The molecule has 1 aliphatic rings. The first-order valence-electron chi connectivity index (χ1n) is 10.2. The SMILES string of the molecule is [B]C1([B])N(C(=O)c2ccc(F)c(Cl)c2)C([B])([B])C([B])([B])C(F)(CNCc2ncc(C)cn2)C1([B])[B]. The molecule has 1 aliphatic heterocycles. The van der Waals surface area contributed by atoms with E-state index in [0.717, 1.165) is 23.8 Å². The van der Waals surface area contributed by atoms with Crippen LogP contribution in [0.2, 0.25) is 15.5 Å². The van der Waals surface area contributed by atoms with Crippen molar-refractivity contribution in [2.75, 3.05) is 6.54 Å². The van der Waals surface area contributed by atoms with E-state index in [-0.39, 0.29) is 12.1 Å². The number of nitrogens with one attached hydrogen (secondary N) is 1. The molecule has 0 atom stereocenters. The monoisotopic (exact) mass is 474 g/mol. The van der Waals surface area contributed by atoms with E-state index in [0.29, 0.717) is 10.7 Å². The molecule has 16 radical (unpaired) electrons. The number of benzene rings is 1. The van der Waals surface area contributed by atoms with Gasteiger partial charge in [0.25, 0.3) is 5.91 Å². The van der Waals surface area contributed by atoms with Crippen molar-refractivity contribution in [3.05, 3.63) is 58.4 Å². The predicted molar refractivity (Wildman–Crippen MR) is 137 cm³/mol. The summed E-state index contributed by atoms with van der Waals surface area (Å²) >= 11 is 5.76. The number of hydrogen-bond donors (Lipinski definition) is 1. The summed E-state index contributed by atoms with van der Waals surface area (Å²) in [7, 11) is 49.0.